The normalized spacial score (nSPS) is 18.3. The number of carbonyl (C=O) groups excluding carboxylic acids is 2. The van der Waals surface area contributed by atoms with Crippen LogP contribution in [0.4, 0.5) is 5.69 Å². The molecule has 29 heavy (non-hydrogen) atoms. The Labute approximate surface area is 172 Å². The Hall–Kier alpha value is -2.66. The van der Waals surface area contributed by atoms with Crippen LogP contribution in [0.2, 0.25) is 0 Å². The van der Waals surface area contributed by atoms with Crippen molar-refractivity contribution >= 4 is 17.5 Å². The molecule has 1 saturated carbocycles. The summed E-state index contributed by atoms with van der Waals surface area (Å²) in [6.07, 6.45) is 2.08. The minimum atomic E-state index is -0.283. The summed E-state index contributed by atoms with van der Waals surface area (Å²) in [4.78, 5) is 29.0. The fourth-order valence-electron chi connectivity index (χ4n) is 4.18. The largest absolute Gasteiger partial charge is 0.331 e. The van der Waals surface area contributed by atoms with Gasteiger partial charge < -0.3 is 15.1 Å². The number of aryl methyl sites for hydroxylation is 2. The zero-order valence-corrected chi connectivity index (χ0v) is 17.3. The average Bonchev–Trinajstić information content (AvgIpc) is 3.57. The van der Waals surface area contributed by atoms with Crippen molar-refractivity contribution in [1.29, 1.82) is 0 Å². The van der Waals surface area contributed by atoms with Gasteiger partial charge in [-0.15, -0.1) is 0 Å². The molecule has 1 aliphatic heterocycles. The lowest BCUT2D eigenvalue weighted by Gasteiger charge is -2.36. The van der Waals surface area contributed by atoms with E-state index < -0.39 is 0 Å². The minimum Gasteiger partial charge on any atom is -0.331 e. The van der Waals surface area contributed by atoms with Gasteiger partial charge in [-0.3, -0.25) is 9.59 Å². The Kier molecular flexibility index (Phi) is 5.67. The predicted molar refractivity (Wildman–Crippen MR) is 114 cm³/mol. The van der Waals surface area contributed by atoms with E-state index in [0.29, 0.717) is 5.91 Å². The molecular weight excluding hydrogens is 362 g/mol. The van der Waals surface area contributed by atoms with Gasteiger partial charge in [0.15, 0.2) is 6.04 Å². The van der Waals surface area contributed by atoms with Crippen LogP contribution in [0, 0.1) is 19.8 Å². The third-order valence-corrected chi connectivity index (χ3v) is 6.10. The Morgan fingerprint density at radius 2 is 1.72 bits per heavy atom. The van der Waals surface area contributed by atoms with Gasteiger partial charge in [-0.25, -0.2) is 0 Å². The summed E-state index contributed by atoms with van der Waals surface area (Å²) in [6, 6.07) is 15.8. The quantitative estimate of drug-likeness (QED) is 0.819. The highest BCUT2D eigenvalue weighted by Crippen LogP contribution is 2.31. The molecule has 1 aliphatic carbocycles. The van der Waals surface area contributed by atoms with Crippen LogP contribution in [-0.4, -0.2) is 42.9 Å². The van der Waals surface area contributed by atoms with E-state index in [2.05, 4.69) is 11.4 Å². The number of piperazine rings is 1. The summed E-state index contributed by atoms with van der Waals surface area (Å²) < 4.78 is 0. The van der Waals surface area contributed by atoms with Gasteiger partial charge >= 0.3 is 0 Å². The van der Waals surface area contributed by atoms with E-state index >= 15 is 0 Å². The zero-order valence-electron chi connectivity index (χ0n) is 17.3. The van der Waals surface area contributed by atoms with E-state index in [0.717, 1.165) is 61.4 Å². The summed E-state index contributed by atoms with van der Waals surface area (Å²) in [5.41, 5.74) is 4.08. The summed E-state index contributed by atoms with van der Waals surface area (Å²) in [6.45, 7) is 7.08. The van der Waals surface area contributed by atoms with Gasteiger partial charge in [0.2, 0.25) is 5.91 Å². The molecule has 2 N–H and O–H groups in total. The fourth-order valence-corrected chi connectivity index (χ4v) is 4.18. The monoisotopic (exact) mass is 392 g/mol. The van der Waals surface area contributed by atoms with Gasteiger partial charge in [-0.05, 0) is 43.9 Å². The van der Waals surface area contributed by atoms with E-state index in [9.17, 15) is 9.59 Å². The molecule has 0 unspecified atom stereocenters. The lowest BCUT2D eigenvalue weighted by molar-refractivity contribution is -0.925. The zero-order chi connectivity index (χ0) is 20.4. The second-order valence-corrected chi connectivity index (χ2v) is 8.41. The molecule has 4 rings (SSSR count). The van der Waals surface area contributed by atoms with Crippen molar-refractivity contribution < 1.29 is 14.5 Å². The second-order valence-electron chi connectivity index (χ2n) is 8.41. The maximum atomic E-state index is 13.4. The van der Waals surface area contributed by atoms with Crippen molar-refractivity contribution in [2.75, 3.05) is 31.5 Å². The molecule has 152 valence electrons. The lowest BCUT2D eigenvalue weighted by Crippen LogP contribution is -3.16. The van der Waals surface area contributed by atoms with E-state index in [4.69, 9.17) is 0 Å². The van der Waals surface area contributed by atoms with Gasteiger partial charge in [0, 0.05) is 17.2 Å². The fraction of sp³-hybridized carbons (Fsp3) is 0.417. The highest BCUT2D eigenvalue weighted by molar-refractivity contribution is 5.95. The SMILES string of the molecule is Cc1ccc(C)c(NC(=O)[C@@H](c2ccccc2)[NH+]2CCN(C(=O)C3CC3)CC2)c1. The van der Waals surface area contributed by atoms with Crippen LogP contribution in [0.1, 0.15) is 35.6 Å². The Bertz CT molecular complexity index is 884. The topological polar surface area (TPSA) is 53.9 Å². The molecule has 5 nitrogen and oxygen atoms in total. The number of nitrogens with one attached hydrogen (secondary N) is 2. The number of rotatable bonds is 5. The van der Waals surface area contributed by atoms with Gasteiger partial charge in [0.1, 0.15) is 0 Å². The molecule has 2 aromatic rings. The van der Waals surface area contributed by atoms with Crippen LogP contribution in [0.3, 0.4) is 0 Å². The first-order chi connectivity index (χ1) is 14.0. The van der Waals surface area contributed by atoms with Gasteiger partial charge in [-0.2, -0.15) is 0 Å². The highest BCUT2D eigenvalue weighted by atomic mass is 16.2. The van der Waals surface area contributed by atoms with Gasteiger partial charge in [-0.1, -0.05) is 42.5 Å². The van der Waals surface area contributed by atoms with E-state index in [1.54, 1.807) is 0 Å². The molecule has 2 aliphatic rings. The molecule has 1 heterocycles. The van der Waals surface area contributed by atoms with E-state index in [1.165, 1.54) is 4.90 Å². The van der Waals surface area contributed by atoms with Crippen molar-refractivity contribution in [2.45, 2.75) is 32.7 Å². The molecular formula is C24H30N3O2+. The summed E-state index contributed by atoms with van der Waals surface area (Å²) in [7, 11) is 0. The van der Waals surface area contributed by atoms with Gasteiger partial charge in [0.05, 0.1) is 26.2 Å². The number of nitrogens with zero attached hydrogens (tertiary/aromatic N) is 1. The standard InChI is InChI=1S/C24H29N3O2/c1-17-8-9-18(2)21(16-17)25-23(28)22(19-6-4-3-5-7-19)26-12-14-27(15-13-26)24(29)20-10-11-20/h3-9,16,20,22H,10-15H2,1-2H3,(H,25,28)/p+1/t22-/m1/s1. The highest BCUT2D eigenvalue weighted by Gasteiger charge is 2.39. The maximum Gasteiger partial charge on any atom is 0.287 e. The predicted octanol–water partition coefficient (Wildman–Crippen LogP) is 2.12. The Balaban J connectivity index is 1.52. The number of quaternary nitrogens is 1. The van der Waals surface area contributed by atoms with Crippen molar-refractivity contribution in [3.63, 3.8) is 0 Å². The molecule has 1 saturated heterocycles. The first-order valence-corrected chi connectivity index (χ1v) is 10.6. The van der Waals surface area contributed by atoms with Crippen molar-refractivity contribution in [1.82, 2.24) is 4.90 Å². The number of amides is 2. The summed E-state index contributed by atoms with van der Waals surface area (Å²) >= 11 is 0. The second kappa shape index (κ2) is 8.37. The molecule has 0 radical (unpaired) electrons. The number of benzene rings is 2. The molecule has 2 fully saturated rings. The van der Waals surface area contributed by atoms with Crippen LogP contribution in [0.5, 0.6) is 0 Å². The van der Waals surface area contributed by atoms with Gasteiger partial charge in [0.25, 0.3) is 5.91 Å². The molecule has 2 amide bonds. The Morgan fingerprint density at radius 3 is 2.38 bits per heavy atom. The van der Waals surface area contributed by atoms with Crippen LogP contribution in [-0.2, 0) is 9.59 Å². The summed E-state index contributed by atoms with van der Waals surface area (Å²) in [5, 5.41) is 3.17. The molecule has 5 heteroatoms. The van der Waals surface area contributed by atoms with Crippen LogP contribution in [0.15, 0.2) is 48.5 Å². The minimum absolute atomic E-state index is 0.0156. The molecule has 1 atom stereocenters. The number of hydrogen-bond acceptors (Lipinski definition) is 2. The molecule has 0 bridgehead atoms. The lowest BCUT2D eigenvalue weighted by atomic mass is 10.0. The molecule has 0 spiro atoms. The van der Waals surface area contributed by atoms with Crippen LogP contribution >= 0.6 is 0 Å². The van der Waals surface area contributed by atoms with Crippen molar-refractivity contribution in [2.24, 2.45) is 5.92 Å². The van der Waals surface area contributed by atoms with Crippen molar-refractivity contribution in [3.05, 3.63) is 65.2 Å². The third kappa shape index (κ3) is 4.51. The average molecular weight is 393 g/mol. The smallest absolute Gasteiger partial charge is 0.287 e. The number of anilines is 1. The van der Waals surface area contributed by atoms with Crippen LogP contribution in [0.25, 0.3) is 0 Å². The van der Waals surface area contributed by atoms with Crippen molar-refractivity contribution in [3.8, 4) is 0 Å². The first kappa shape index (κ1) is 19.6. The third-order valence-electron chi connectivity index (χ3n) is 6.10. The number of carbonyl (C=O) groups is 2. The number of hydrogen-bond donors (Lipinski definition) is 2. The van der Waals surface area contributed by atoms with E-state index in [-0.39, 0.29) is 17.9 Å². The van der Waals surface area contributed by atoms with E-state index in [1.807, 2.05) is 61.2 Å². The summed E-state index contributed by atoms with van der Waals surface area (Å²) in [5.74, 6) is 0.580. The maximum absolute atomic E-state index is 13.4. The van der Waals surface area contributed by atoms with Crippen LogP contribution < -0.4 is 10.2 Å². The first-order valence-electron chi connectivity index (χ1n) is 10.6. The molecule has 0 aromatic heterocycles. The Morgan fingerprint density at radius 1 is 1.03 bits per heavy atom. The molecule has 2 aromatic carbocycles.